The maximum Gasteiger partial charge on any atom is 0.227 e. The third kappa shape index (κ3) is 3.04. The zero-order valence-corrected chi connectivity index (χ0v) is 10.9. The summed E-state index contributed by atoms with van der Waals surface area (Å²) in [6, 6.07) is 6.60. The summed E-state index contributed by atoms with van der Waals surface area (Å²) < 4.78 is 0. The molecule has 0 radical (unpaired) electrons. The molecule has 1 unspecified atom stereocenters. The topological polar surface area (TPSA) is 57.6 Å². The van der Waals surface area contributed by atoms with Crippen molar-refractivity contribution in [3.05, 3.63) is 24.3 Å². The lowest BCUT2D eigenvalue weighted by atomic mass is 10.1. The average Bonchev–Trinajstić information content (AvgIpc) is 2.69. The highest BCUT2D eigenvalue weighted by atomic mass is 32.2. The van der Waals surface area contributed by atoms with Crippen LogP contribution in [0.2, 0.25) is 0 Å². The van der Waals surface area contributed by atoms with Crippen molar-refractivity contribution in [3.63, 3.8) is 0 Å². The van der Waals surface area contributed by atoms with Gasteiger partial charge in [-0.2, -0.15) is 0 Å². The zero-order chi connectivity index (χ0) is 13.1. The Morgan fingerprint density at radius 1 is 1.44 bits per heavy atom. The fourth-order valence-electron chi connectivity index (χ4n) is 2.01. The predicted molar refractivity (Wildman–Crippen MR) is 71.7 cm³/mol. The van der Waals surface area contributed by atoms with Crippen LogP contribution in [-0.4, -0.2) is 28.4 Å². The molecule has 0 spiro atoms. The van der Waals surface area contributed by atoms with E-state index in [9.17, 15) is 14.7 Å². The SMILES string of the molecule is CC(=O)SCC1CC(=O)N(c2ccc(O)cc2)C1. The summed E-state index contributed by atoms with van der Waals surface area (Å²) in [4.78, 5) is 24.5. The van der Waals surface area contributed by atoms with Crippen molar-refractivity contribution in [2.75, 3.05) is 17.2 Å². The molecule has 1 aliphatic rings. The number of benzene rings is 1. The highest BCUT2D eigenvalue weighted by Gasteiger charge is 2.30. The van der Waals surface area contributed by atoms with E-state index >= 15 is 0 Å². The van der Waals surface area contributed by atoms with Crippen LogP contribution >= 0.6 is 11.8 Å². The van der Waals surface area contributed by atoms with Gasteiger partial charge in [-0.05, 0) is 30.2 Å². The predicted octanol–water partition coefficient (Wildman–Crippen LogP) is 2.02. The second-order valence-corrected chi connectivity index (χ2v) is 5.59. The largest absolute Gasteiger partial charge is 0.508 e. The van der Waals surface area contributed by atoms with Crippen molar-refractivity contribution in [3.8, 4) is 5.75 Å². The first kappa shape index (κ1) is 13.0. The highest BCUT2D eigenvalue weighted by molar-refractivity contribution is 8.13. The molecular weight excluding hydrogens is 250 g/mol. The quantitative estimate of drug-likeness (QED) is 0.908. The van der Waals surface area contributed by atoms with E-state index in [2.05, 4.69) is 0 Å². The van der Waals surface area contributed by atoms with Gasteiger partial charge in [0.1, 0.15) is 5.75 Å². The van der Waals surface area contributed by atoms with Crippen molar-refractivity contribution < 1.29 is 14.7 Å². The molecule has 1 fully saturated rings. The number of amides is 1. The fourth-order valence-corrected chi connectivity index (χ4v) is 2.70. The Bertz CT molecular complexity index is 458. The van der Waals surface area contributed by atoms with Gasteiger partial charge in [-0.3, -0.25) is 9.59 Å². The highest BCUT2D eigenvalue weighted by Crippen LogP contribution is 2.28. The molecule has 0 aliphatic carbocycles. The number of phenols is 1. The Kier molecular flexibility index (Phi) is 3.91. The molecule has 5 heteroatoms. The lowest BCUT2D eigenvalue weighted by Gasteiger charge is -2.16. The number of hydrogen-bond donors (Lipinski definition) is 1. The Morgan fingerprint density at radius 3 is 2.72 bits per heavy atom. The Labute approximate surface area is 110 Å². The van der Waals surface area contributed by atoms with Crippen LogP contribution in [0.25, 0.3) is 0 Å². The van der Waals surface area contributed by atoms with Crippen LogP contribution in [0.4, 0.5) is 5.69 Å². The van der Waals surface area contributed by atoms with Crippen molar-refractivity contribution in [2.45, 2.75) is 13.3 Å². The molecule has 1 aromatic rings. The average molecular weight is 265 g/mol. The number of hydrogen-bond acceptors (Lipinski definition) is 4. The molecule has 1 heterocycles. The summed E-state index contributed by atoms with van der Waals surface area (Å²) in [6.45, 7) is 2.18. The van der Waals surface area contributed by atoms with E-state index in [0.29, 0.717) is 18.7 Å². The number of thioether (sulfide) groups is 1. The molecule has 18 heavy (non-hydrogen) atoms. The molecule has 0 bridgehead atoms. The van der Waals surface area contributed by atoms with Crippen molar-refractivity contribution in [1.82, 2.24) is 0 Å². The molecular formula is C13H15NO3S. The van der Waals surface area contributed by atoms with E-state index in [-0.39, 0.29) is 22.7 Å². The molecule has 0 aromatic heterocycles. The number of nitrogens with zero attached hydrogens (tertiary/aromatic N) is 1. The molecule has 4 nitrogen and oxygen atoms in total. The van der Waals surface area contributed by atoms with E-state index in [1.165, 1.54) is 11.8 Å². The van der Waals surface area contributed by atoms with Gasteiger partial charge in [-0.1, -0.05) is 11.8 Å². The van der Waals surface area contributed by atoms with Crippen molar-refractivity contribution >= 4 is 28.5 Å². The molecule has 1 amide bonds. The second kappa shape index (κ2) is 5.44. The molecule has 2 rings (SSSR count). The van der Waals surface area contributed by atoms with Gasteiger partial charge in [-0.25, -0.2) is 0 Å². The lowest BCUT2D eigenvalue weighted by Crippen LogP contribution is -2.24. The van der Waals surface area contributed by atoms with Crippen LogP contribution < -0.4 is 4.90 Å². The third-order valence-corrected chi connectivity index (χ3v) is 3.93. The van der Waals surface area contributed by atoms with E-state index < -0.39 is 0 Å². The Balaban J connectivity index is 2.00. The zero-order valence-electron chi connectivity index (χ0n) is 10.1. The summed E-state index contributed by atoms with van der Waals surface area (Å²) in [5.41, 5.74) is 0.799. The second-order valence-electron chi connectivity index (χ2n) is 4.39. The van der Waals surface area contributed by atoms with Gasteiger partial charge < -0.3 is 10.0 Å². The van der Waals surface area contributed by atoms with Crippen LogP contribution in [0, 0.1) is 5.92 Å². The summed E-state index contributed by atoms with van der Waals surface area (Å²) in [6.07, 6.45) is 0.487. The first-order chi connectivity index (χ1) is 8.56. The van der Waals surface area contributed by atoms with Crippen LogP contribution in [0.3, 0.4) is 0 Å². The fraction of sp³-hybridized carbons (Fsp3) is 0.385. The summed E-state index contributed by atoms with van der Waals surface area (Å²) >= 11 is 1.27. The maximum atomic E-state index is 11.9. The van der Waals surface area contributed by atoms with Gasteiger partial charge in [0.25, 0.3) is 0 Å². The number of phenolic OH excluding ortho intramolecular Hbond substituents is 1. The smallest absolute Gasteiger partial charge is 0.227 e. The monoisotopic (exact) mass is 265 g/mol. The lowest BCUT2D eigenvalue weighted by molar-refractivity contribution is -0.117. The summed E-state index contributed by atoms with van der Waals surface area (Å²) in [5, 5.41) is 9.31. The van der Waals surface area contributed by atoms with Gasteiger partial charge >= 0.3 is 0 Å². The van der Waals surface area contributed by atoms with Gasteiger partial charge in [0.2, 0.25) is 5.91 Å². The van der Waals surface area contributed by atoms with E-state index in [0.717, 1.165) is 5.69 Å². The number of rotatable bonds is 3. The van der Waals surface area contributed by atoms with E-state index in [1.807, 2.05) is 0 Å². The van der Waals surface area contributed by atoms with Crippen molar-refractivity contribution in [1.29, 1.82) is 0 Å². The molecule has 96 valence electrons. The first-order valence-corrected chi connectivity index (χ1v) is 6.77. The van der Waals surface area contributed by atoms with Gasteiger partial charge in [0, 0.05) is 31.3 Å². The van der Waals surface area contributed by atoms with Crippen LogP contribution in [-0.2, 0) is 9.59 Å². The van der Waals surface area contributed by atoms with E-state index in [1.54, 1.807) is 36.1 Å². The number of aromatic hydroxyl groups is 1. The standard InChI is InChI=1S/C13H15NO3S/c1-9(15)18-8-10-6-13(17)14(7-10)11-2-4-12(16)5-3-11/h2-5,10,16H,6-8H2,1H3. The third-order valence-electron chi connectivity index (χ3n) is 2.89. The molecule has 0 saturated carbocycles. The molecule has 1 saturated heterocycles. The van der Waals surface area contributed by atoms with Gasteiger partial charge in [0.05, 0.1) is 0 Å². The van der Waals surface area contributed by atoms with Crippen LogP contribution in [0.1, 0.15) is 13.3 Å². The van der Waals surface area contributed by atoms with Gasteiger partial charge in [-0.15, -0.1) is 0 Å². The van der Waals surface area contributed by atoms with Crippen molar-refractivity contribution in [2.24, 2.45) is 5.92 Å². The minimum atomic E-state index is 0.0786. The molecule has 1 aromatic carbocycles. The molecule has 1 atom stereocenters. The Hall–Kier alpha value is -1.49. The number of anilines is 1. The molecule has 1 N–H and O–H groups in total. The van der Waals surface area contributed by atoms with Gasteiger partial charge in [0.15, 0.2) is 5.12 Å². The number of carbonyl (C=O) groups excluding carboxylic acids is 2. The summed E-state index contributed by atoms with van der Waals surface area (Å²) in [5.74, 6) is 1.18. The normalized spacial score (nSPS) is 19.3. The molecule has 1 aliphatic heterocycles. The minimum Gasteiger partial charge on any atom is -0.508 e. The first-order valence-electron chi connectivity index (χ1n) is 5.79. The maximum absolute atomic E-state index is 11.9. The minimum absolute atomic E-state index is 0.0786. The van der Waals surface area contributed by atoms with Crippen LogP contribution in [0.5, 0.6) is 5.75 Å². The number of carbonyl (C=O) groups is 2. The summed E-state index contributed by atoms with van der Waals surface area (Å²) in [7, 11) is 0. The van der Waals surface area contributed by atoms with E-state index in [4.69, 9.17) is 0 Å². The van der Waals surface area contributed by atoms with Crippen LogP contribution in [0.15, 0.2) is 24.3 Å². The Morgan fingerprint density at radius 2 is 2.11 bits per heavy atom.